The Kier molecular flexibility index (Phi) is 2.10. The summed E-state index contributed by atoms with van der Waals surface area (Å²) in [6.45, 7) is 1.89. The number of nitrogens with zero attached hydrogens (tertiary/aromatic N) is 2. The molecule has 0 N–H and O–H groups in total. The maximum atomic E-state index is 5.93. The van der Waals surface area contributed by atoms with Gasteiger partial charge < -0.3 is 0 Å². The highest BCUT2D eigenvalue weighted by Gasteiger charge is 2.05. The van der Waals surface area contributed by atoms with Crippen LogP contribution in [-0.2, 0) is 0 Å². The second-order valence-electron chi connectivity index (χ2n) is 2.75. The van der Waals surface area contributed by atoms with Crippen LogP contribution in [0.1, 0.15) is 5.69 Å². The molecule has 0 aliphatic rings. The van der Waals surface area contributed by atoms with Gasteiger partial charge in [-0.25, -0.2) is 9.97 Å². The molecular formula is C9H6Cl2N2. The van der Waals surface area contributed by atoms with Gasteiger partial charge in [0.25, 0.3) is 0 Å². The molecule has 13 heavy (non-hydrogen) atoms. The molecule has 0 atom stereocenters. The average Bonchev–Trinajstić information content (AvgIpc) is 2.02. The van der Waals surface area contributed by atoms with E-state index in [0.29, 0.717) is 10.3 Å². The van der Waals surface area contributed by atoms with Crippen molar-refractivity contribution >= 4 is 34.0 Å². The Morgan fingerprint density at radius 3 is 2.77 bits per heavy atom. The lowest BCUT2D eigenvalue weighted by Gasteiger charge is -2.02. The first kappa shape index (κ1) is 8.73. The van der Waals surface area contributed by atoms with Crippen molar-refractivity contribution in [2.75, 3.05) is 0 Å². The van der Waals surface area contributed by atoms with E-state index < -0.39 is 0 Å². The van der Waals surface area contributed by atoms with Crippen molar-refractivity contribution in [2.24, 2.45) is 0 Å². The largest absolute Gasteiger partial charge is 0.244 e. The number of hydrogen-bond donors (Lipinski definition) is 0. The standard InChI is InChI=1S/C9H6Cl2N2/c1-5-4-6-2-3-12-8(10)7(6)9(11)13-5/h2-4H,1H3. The Balaban J connectivity index is 2.94. The molecule has 0 aliphatic heterocycles. The predicted molar refractivity (Wildman–Crippen MR) is 54.3 cm³/mol. The number of aromatic nitrogens is 2. The number of fused-ring (bicyclic) bond motifs is 1. The zero-order chi connectivity index (χ0) is 9.42. The SMILES string of the molecule is Cc1cc2ccnc(Cl)c2c(Cl)n1. The zero-order valence-corrected chi connectivity index (χ0v) is 8.39. The summed E-state index contributed by atoms with van der Waals surface area (Å²) in [6.07, 6.45) is 1.65. The van der Waals surface area contributed by atoms with Crippen molar-refractivity contribution < 1.29 is 0 Å². The van der Waals surface area contributed by atoms with Gasteiger partial charge in [-0.1, -0.05) is 23.2 Å². The third-order valence-electron chi connectivity index (χ3n) is 1.78. The maximum Gasteiger partial charge on any atom is 0.140 e. The number of halogens is 2. The van der Waals surface area contributed by atoms with E-state index in [9.17, 15) is 0 Å². The van der Waals surface area contributed by atoms with E-state index in [1.165, 1.54) is 0 Å². The molecule has 2 rings (SSSR count). The minimum absolute atomic E-state index is 0.398. The molecule has 0 spiro atoms. The van der Waals surface area contributed by atoms with Gasteiger partial charge in [0.1, 0.15) is 10.3 Å². The highest BCUT2D eigenvalue weighted by Crippen LogP contribution is 2.27. The molecule has 0 radical (unpaired) electrons. The average molecular weight is 213 g/mol. The number of aryl methyl sites for hydroxylation is 1. The van der Waals surface area contributed by atoms with Crippen LogP contribution in [0, 0.1) is 6.92 Å². The second kappa shape index (κ2) is 3.13. The summed E-state index contributed by atoms with van der Waals surface area (Å²) in [5, 5.41) is 2.50. The van der Waals surface area contributed by atoms with E-state index in [0.717, 1.165) is 16.5 Å². The van der Waals surface area contributed by atoms with E-state index >= 15 is 0 Å². The van der Waals surface area contributed by atoms with E-state index in [4.69, 9.17) is 23.2 Å². The van der Waals surface area contributed by atoms with E-state index in [1.54, 1.807) is 6.20 Å². The fourth-order valence-corrected chi connectivity index (χ4v) is 1.88. The van der Waals surface area contributed by atoms with Crippen molar-refractivity contribution in [2.45, 2.75) is 6.92 Å². The summed E-state index contributed by atoms with van der Waals surface area (Å²) >= 11 is 11.8. The van der Waals surface area contributed by atoms with Crippen LogP contribution in [0.4, 0.5) is 0 Å². The summed E-state index contributed by atoms with van der Waals surface area (Å²) < 4.78 is 0. The topological polar surface area (TPSA) is 25.8 Å². The number of hydrogen-bond acceptors (Lipinski definition) is 2. The zero-order valence-electron chi connectivity index (χ0n) is 6.88. The van der Waals surface area contributed by atoms with Crippen LogP contribution >= 0.6 is 23.2 Å². The molecular weight excluding hydrogens is 207 g/mol. The fourth-order valence-electron chi connectivity index (χ4n) is 1.24. The molecule has 0 saturated heterocycles. The molecule has 0 unspecified atom stereocenters. The fraction of sp³-hybridized carbons (Fsp3) is 0.111. The smallest absolute Gasteiger partial charge is 0.140 e. The molecule has 66 valence electrons. The highest BCUT2D eigenvalue weighted by molar-refractivity contribution is 6.40. The molecule has 0 bridgehead atoms. The van der Waals surface area contributed by atoms with Crippen molar-refractivity contribution in [3.05, 3.63) is 34.3 Å². The van der Waals surface area contributed by atoms with Crippen molar-refractivity contribution in [3.63, 3.8) is 0 Å². The van der Waals surface area contributed by atoms with Gasteiger partial charge in [-0.2, -0.15) is 0 Å². The summed E-state index contributed by atoms with van der Waals surface area (Å²) in [4.78, 5) is 8.04. The Morgan fingerprint density at radius 1 is 1.23 bits per heavy atom. The summed E-state index contributed by atoms with van der Waals surface area (Å²) in [5.74, 6) is 0. The van der Waals surface area contributed by atoms with Gasteiger partial charge in [-0.15, -0.1) is 0 Å². The first-order valence-electron chi connectivity index (χ1n) is 3.76. The minimum atomic E-state index is 0.398. The monoisotopic (exact) mass is 212 g/mol. The van der Waals surface area contributed by atoms with Gasteiger partial charge in [0, 0.05) is 11.9 Å². The minimum Gasteiger partial charge on any atom is -0.244 e. The van der Waals surface area contributed by atoms with Crippen LogP contribution in [0.15, 0.2) is 18.3 Å². The quantitative estimate of drug-likeness (QED) is 0.627. The number of pyridine rings is 2. The summed E-state index contributed by atoms with van der Waals surface area (Å²) in [6, 6.07) is 3.79. The lowest BCUT2D eigenvalue weighted by Crippen LogP contribution is -1.86. The molecule has 0 amide bonds. The van der Waals surface area contributed by atoms with Gasteiger partial charge in [0.2, 0.25) is 0 Å². The van der Waals surface area contributed by atoms with Gasteiger partial charge in [0.15, 0.2) is 0 Å². The summed E-state index contributed by atoms with van der Waals surface area (Å²) in [5.41, 5.74) is 0.875. The van der Waals surface area contributed by atoms with Gasteiger partial charge in [-0.3, -0.25) is 0 Å². The third kappa shape index (κ3) is 1.47. The normalized spacial score (nSPS) is 10.7. The lowest BCUT2D eigenvalue weighted by atomic mass is 10.2. The molecule has 0 saturated carbocycles. The van der Waals surface area contributed by atoms with Crippen LogP contribution < -0.4 is 0 Å². The van der Waals surface area contributed by atoms with Crippen LogP contribution in [0.25, 0.3) is 10.8 Å². The van der Waals surface area contributed by atoms with Crippen LogP contribution in [-0.4, -0.2) is 9.97 Å². The van der Waals surface area contributed by atoms with Crippen molar-refractivity contribution in [3.8, 4) is 0 Å². The molecule has 2 nitrogen and oxygen atoms in total. The molecule has 4 heteroatoms. The van der Waals surface area contributed by atoms with Crippen LogP contribution in [0.2, 0.25) is 10.3 Å². The van der Waals surface area contributed by atoms with Gasteiger partial charge in [-0.05, 0) is 24.4 Å². The molecule has 2 aromatic rings. The number of rotatable bonds is 0. The van der Waals surface area contributed by atoms with Crippen molar-refractivity contribution in [1.29, 1.82) is 0 Å². The van der Waals surface area contributed by atoms with Gasteiger partial charge in [0.05, 0.1) is 5.39 Å². The first-order chi connectivity index (χ1) is 6.18. The molecule has 2 aromatic heterocycles. The maximum absolute atomic E-state index is 5.93. The molecule has 0 aromatic carbocycles. The van der Waals surface area contributed by atoms with Crippen molar-refractivity contribution in [1.82, 2.24) is 9.97 Å². The molecule has 2 heterocycles. The Bertz CT molecular complexity index is 468. The predicted octanol–water partition coefficient (Wildman–Crippen LogP) is 3.25. The molecule has 0 fully saturated rings. The van der Waals surface area contributed by atoms with E-state index in [1.807, 2.05) is 19.1 Å². The van der Waals surface area contributed by atoms with Gasteiger partial charge >= 0.3 is 0 Å². The van der Waals surface area contributed by atoms with Crippen LogP contribution in [0.5, 0.6) is 0 Å². The highest BCUT2D eigenvalue weighted by atomic mass is 35.5. The Hall–Kier alpha value is -0.860. The Morgan fingerprint density at radius 2 is 2.00 bits per heavy atom. The van der Waals surface area contributed by atoms with E-state index in [2.05, 4.69) is 9.97 Å². The molecule has 0 aliphatic carbocycles. The Labute approximate surface area is 85.5 Å². The first-order valence-corrected chi connectivity index (χ1v) is 4.51. The van der Waals surface area contributed by atoms with E-state index in [-0.39, 0.29) is 0 Å². The summed E-state index contributed by atoms with van der Waals surface area (Å²) in [7, 11) is 0. The second-order valence-corrected chi connectivity index (χ2v) is 3.47. The third-order valence-corrected chi connectivity index (χ3v) is 2.34. The lowest BCUT2D eigenvalue weighted by molar-refractivity contribution is 1.22. The van der Waals surface area contributed by atoms with Crippen LogP contribution in [0.3, 0.4) is 0 Å².